The Balaban J connectivity index is 1.26. The van der Waals surface area contributed by atoms with Gasteiger partial charge in [0, 0.05) is 24.9 Å². The first-order valence-corrected chi connectivity index (χ1v) is 10.1. The van der Waals surface area contributed by atoms with E-state index in [4.69, 9.17) is 18.7 Å². The molecule has 1 fully saturated rings. The minimum Gasteiger partial charge on any atom is -0.461 e. The number of amides is 1. The van der Waals surface area contributed by atoms with Crippen LogP contribution < -0.4 is 0 Å². The van der Waals surface area contributed by atoms with Gasteiger partial charge in [0.15, 0.2) is 0 Å². The van der Waals surface area contributed by atoms with Crippen molar-refractivity contribution in [2.45, 2.75) is 51.7 Å². The zero-order valence-electron chi connectivity index (χ0n) is 17.4. The lowest BCUT2D eigenvalue weighted by Gasteiger charge is -2.33. The largest absolute Gasteiger partial charge is 0.461 e. The van der Waals surface area contributed by atoms with E-state index in [0.29, 0.717) is 32.7 Å². The Morgan fingerprint density at radius 2 is 2.00 bits per heavy atom. The predicted molar refractivity (Wildman–Crippen MR) is 111 cm³/mol. The van der Waals surface area contributed by atoms with Crippen LogP contribution in [0.4, 0.5) is 4.79 Å². The highest BCUT2D eigenvalue weighted by Crippen LogP contribution is 2.19. The second kappa shape index (κ2) is 9.78. The summed E-state index contributed by atoms with van der Waals surface area (Å²) in [5.41, 5.74) is 0.412. The molecule has 7 heteroatoms. The summed E-state index contributed by atoms with van der Waals surface area (Å²) >= 11 is 0. The normalized spacial score (nSPS) is 15.9. The number of nitrogens with zero attached hydrogens (tertiary/aromatic N) is 2. The number of piperidine rings is 1. The zero-order valence-corrected chi connectivity index (χ0v) is 17.4. The van der Waals surface area contributed by atoms with Crippen molar-refractivity contribution in [3.63, 3.8) is 0 Å². The lowest BCUT2D eigenvalue weighted by atomic mass is 10.1. The lowest BCUT2D eigenvalue weighted by Crippen LogP contribution is -2.43. The molecule has 0 atom stereocenters. The lowest BCUT2D eigenvalue weighted by molar-refractivity contribution is -0.0286. The van der Waals surface area contributed by atoms with E-state index in [0.717, 1.165) is 29.6 Å². The summed E-state index contributed by atoms with van der Waals surface area (Å²) in [6.45, 7) is 7.79. The summed E-state index contributed by atoms with van der Waals surface area (Å²) in [5.74, 6) is 0.853. The molecule has 0 aliphatic carbocycles. The Kier molecular flexibility index (Phi) is 7.14. The molecule has 0 N–H and O–H groups in total. The van der Waals surface area contributed by atoms with Crippen molar-refractivity contribution in [3.8, 4) is 0 Å². The fraction of sp³-hybridized carbons (Fsp3) is 0.545. The monoisotopic (exact) mass is 402 g/mol. The van der Waals surface area contributed by atoms with Crippen LogP contribution in [0, 0.1) is 0 Å². The number of fused-ring (bicyclic) bond motifs is 1. The number of carbonyl (C=O) groups is 1. The molecule has 0 spiro atoms. The molecule has 1 amide bonds. The third-order valence-electron chi connectivity index (χ3n) is 4.54. The van der Waals surface area contributed by atoms with Crippen molar-refractivity contribution >= 4 is 23.3 Å². The van der Waals surface area contributed by atoms with E-state index in [2.05, 4.69) is 5.16 Å². The smallest absolute Gasteiger partial charge is 0.410 e. The summed E-state index contributed by atoms with van der Waals surface area (Å²) < 4.78 is 16.9. The third-order valence-corrected chi connectivity index (χ3v) is 4.54. The molecule has 0 radical (unpaired) electrons. The molecule has 1 saturated heterocycles. The molecule has 0 saturated carbocycles. The molecule has 7 nitrogen and oxygen atoms in total. The second-order valence-corrected chi connectivity index (χ2v) is 8.11. The number of carbonyl (C=O) groups excluding carboxylic acids is 1. The van der Waals surface area contributed by atoms with Crippen molar-refractivity contribution in [3.05, 3.63) is 36.1 Å². The number of furan rings is 1. The number of oxime groups is 1. The Hall–Kier alpha value is -2.54. The van der Waals surface area contributed by atoms with E-state index in [1.807, 2.05) is 51.1 Å². The van der Waals surface area contributed by atoms with Gasteiger partial charge in [0.1, 0.15) is 23.6 Å². The van der Waals surface area contributed by atoms with E-state index < -0.39 is 5.60 Å². The molecular weight excluding hydrogens is 372 g/mol. The average molecular weight is 402 g/mol. The molecule has 1 aromatic heterocycles. The van der Waals surface area contributed by atoms with E-state index in [1.54, 1.807) is 11.1 Å². The van der Waals surface area contributed by atoms with Crippen LogP contribution in [0.5, 0.6) is 0 Å². The summed E-state index contributed by atoms with van der Waals surface area (Å²) in [6.07, 6.45) is 3.76. The van der Waals surface area contributed by atoms with Gasteiger partial charge in [0.05, 0.1) is 18.9 Å². The first kappa shape index (κ1) is 21.2. The van der Waals surface area contributed by atoms with Crippen molar-refractivity contribution in [2.24, 2.45) is 5.16 Å². The van der Waals surface area contributed by atoms with Crippen molar-refractivity contribution in [1.82, 2.24) is 4.90 Å². The Labute approximate surface area is 171 Å². The maximum absolute atomic E-state index is 12.1. The maximum atomic E-state index is 12.1. The Bertz CT molecular complexity index is 783. The Morgan fingerprint density at radius 3 is 2.72 bits per heavy atom. The predicted octanol–water partition coefficient (Wildman–Crippen LogP) is 4.39. The number of hydrogen-bond donors (Lipinski definition) is 0. The molecule has 1 aromatic carbocycles. The summed E-state index contributed by atoms with van der Waals surface area (Å²) in [6, 6.07) is 9.91. The van der Waals surface area contributed by atoms with Gasteiger partial charge in [-0.25, -0.2) is 4.79 Å². The van der Waals surface area contributed by atoms with Crippen molar-refractivity contribution in [1.29, 1.82) is 0 Å². The van der Waals surface area contributed by atoms with E-state index in [9.17, 15) is 4.79 Å². The second-order valence-electron chi connectivity index (χ2n) is 8.11. The number of rotatable bonds is 7. The molecule has 2 heterocycles. The van der Waals surface area contributed by atoms with Crippen molar-refractivity contribution in [2.75, 3.05) is 26.3 Å². The standard InChI is InChI=1S/C22H30N2O5/c1-22(2,3)29-21(25)24-12-9-18(10-13-24)26-14-15-27-23-11-8-19-16-17-6-4-5-7-20(17)28-19/h4-7,11,16,18H,8-10,12-15H2,1-3H3. The van der Waals surface area contributed by atoms with E-state index in [-0.39, 0.29) is 12.2 Å². The highest BCUT2D eigenvalue weighted by molar-refractivity contribution is 5.78. The minimum atomic E-state index is -0.466. The van der Waals surface area contributed by atoms with Gasteiger partial charge in [-0.3, -0.25) is 0 Å². The molecule has 1 aliphatic heterocycles. The van der Waals surface area contributed by atoms with Crippen LogP contribution in [0.3, 0.4) is 0 Å². The van der Waals surface area contributed by atoms with Crippen LogP contribution in [0.25, 0.3) is 11.0 Å². The molecule has 0 unspecified atom stereocenters. The topological polar surface area (TPSA) is 73.5 Å². The van der Waals surface area contributed by atoms with Gasteiger partial charge in [-0.05, 0) is 45.7 Å². The first-order chi connectivity index (χ1) is 13.9. The fourth-order valence-corrected chi connectivity index (χ4v) is 3.15. The van der Waals surface area contributed by atoms with Crippen molar-refractivity contribution < 1.29 is 23.5 Å². The molecule has 2 aromatic rings. The van der Waals surface area contributed by atoms with Gasteiger partial charge in [-0.15, -0.1) is 0 Å². The highest BCUT2D eigenvalue weighted by atomic mass is 16.6. The van der Waals surface area contributed by atoms with Crippen LogP contribution in [0.2, 0.25) is 0 Å². The van der Waals surface area contributed by atoms with Gasteiger partial charge >= 0.3 is 6.09 Å². The molecule has 1 aliphatic rings. The molecule has 29 heavy (non-hydrogen) atoms. The summed E-state index contributed by atoms with van der Waals surface area (Å²) in [5, 5.41) is 5.04. The molecule has 0 bridgehead atoms. The third kappa shape index (κ3) is 6.78. The van der Waals surface area contributed by atoms with Crippen LogP contribution in [0.15, 0.2) is 39.9 Å². The van der Waals surface area contributed by atoms with Crippen LogP contribution in [-0.4, -0.2) is 55.2 Å². The number of ether oxygens (including phenoxy) is 2. The van der Waals surface area contributed by atoms with Gasteiger partial charge in [0.25, 0.3) is 0 Å². The van der Waals surface area contributed by atoms with Gasteiger partial charge in [-0.1, -0.05) is 23.4 Å². The molecule has 3 rings (SSSR count). The van der Waals surface area contributed by atoms with Crippen LogP contribution >= 0.6 is 0 Å². The number of hydrogen-bond acceptors (Lipinski definition) is 6. The number of benzene rings is 1. The molecular formula is C22H30N2O5. The summed E-state index contributed by atoms with van der Waals surface area (Å²) in [7, 11) is 0. The SMILES string of the molecule is CC(C)(C)OC(=O)N1CCC(OCCON=CCc2cc3ccccc3o2)CC1. The number of para-hydroxylation sites is 1. The number of likely N-dealkylation sites (tertiary alicyclic amines) is 1. The van der Waals surface area contributed by atoms with E-state index in [1.165, 1.54) is 0 Å². The highest BCUT2D eigenvalue weighted by Gasteiger charge is 2.27. The van der Waals surface area contributed by atoms with Crippen LogP contribution in [0.1, 0.15) is 39.4 Å². The quantitative estimate of drug-likeness (QED) is 0.390. The van der Waals surface area contributed by atoms with Crippen LogP contribution in [-0.2, 0) is 20.7 Å². The Morgan fingerprint density at radius 1 is 1.24 bits per heavy atom. The fourth-order valence-electron chi connectivity index (χ4n) is 3.15. The average Bonchev–Trinajstić information content (AvgIpc) is 3.09. The zero-order chi connectivity index (χ0) is 20.7. The first-order valence-electron chi connectivity index (χ1n) is 10.1. The maximum Gasteiger partial charge on any atom is 0.410 e. The summed E-state index contributed by atoms with van der Waals surface area (Å²) in [4.78, 5) is 19.0. The van der Waals surface area contributed by atoms with Gasteiger partial charge in [0.2, 0.25) is 0 Å². The van der Waals surface area contributed by atoms with E-state index >= 15 is 0 Å². The molecule has 158 valence electrons. The van der Waals surface area contributed by atoms with Gasteiger partial charge in [-0.2, -0.15) is 0 Å². The minimum absolute atomic E-state index is 0.136. The van der Waals surface area contributed by atoms with Gasteiger partial charge < -0.3 is 23.6 Å².